The van der Waals surface area contributed by atoms with Crippen molar-refractivity contribution >= 4 is 12.1 Å². The normalized spacial score (nSPS) is 55.7. The molecule has 3 heteroatoms. The predicted octanol–water partition coefficient (Wildman–Crippen LogP) is 3.38. The van der Waals surface area contributed by atoms with Crippen LogP contribution in [-0.2, 0) is 9.59 Å². The molecule has 0 aromatic heterocycles. The number of carbonyl (C=O) groups is 2. The van der Waals surface area contributed by atoms with Gasteiger partial charge in [0.25, 0.3) is 0 Å². The molecule has 4 aliphatic carbocycles. The Morgan fingerprint density at radius 3 is 2.61 bits per heavy atom. The summed E-state index contributed by atoms with van der Waals surface area (Å²) >= 11 is 0. The second-order valence-electron chi connectivity index (χ2n) is 9.43. The van der Waals surface area contributed by atoms with Gasteiger partial charge in [-0.3, -0.25) is 4.79 Å². The van der Waals surface area contributed by atoms with E-state index in [1.807, 2.05) is 0 Å². The molecule has 0 aromatic carbocycles. The van der Waals surface area contributed by atoms with E-state index in [1.165, 1.54) is 0 Å². The van der Waals surface area contributed by atoms with E-state index in [-0.39, 0.29) is 28.8 Å². The molecule has 0 bridgehead atoms. The molecular weight excluding hydrogens is 288 g/mol. The van der Waals surface area contributed by atoms with Crippen LogP contribution in [0.3, 0.4) is 0 Å². The van der Waals surface area contributed by atoms with E-state index in [1.54, 1.807) is 0 Å². The second kappa shape index (κ2) is 5.15. The summed E-state index contributed by atoms with van der Waals surface area (Å²) in [5.41, 5.74) is -0.00277. The number of hydrogen-bond acceptors (Lipinski definition) is 3. The lowest BCUT2D eigenvalue weighted by atomic mass is 9.44. The summed E-state index contributed by atoms with van der Waals surface area (Å²) in [4.78, 5) is 24.7. The molecule has 23 heavy (non-hydrogen) atoms. The molecule has 4 aliphatic rings. The first-order valence-corrected chi connectivity index (χ1v) is 9.56. The van der Waals surface area contributed by atoms with Crippen LogP contribution in [0.15, 0.2) is 0 Å². The van der Waals surface area contributed by atoms with E-state index in [9.17, 15) is 14.7 Å². The van der Waals surface area contributed by atoms with E-state index in [4.69, 9.17) is 0 Å². The maximum atomic E-state index is 13.2. The molecule has 4 rings (SSSR count). The molecule has 1 N–H and O–H groups in total. The zero-order chi connectivity index (χ0) is 16.4. The molecule has 0 spiro atoms. The van der Waals surface area contributed by atoms with Crippen LogP contribution in [0.2, 0.25) is 0 Å². The number of aldehydes is 1. The van der Waals surface area contributed by atoms with E-state index in [0.717, 1.165) is 51.2 Å². The Labute approximate surface area is 139 Å². The highest BCUT2D eigenvalue weighted by Gasteiger charge is 2.63. The van der Waals surface area contributed by atoms with E-state index in [2.05, 4.69) is 13.8 Å². The average Bonchev–Trinajstić information content (AvgIpc) is 2.83. The zero-order valence-corrected chi connectivity index (χ0v) is 14.5. The molecule has 0 saturated heterocycles. The number of fused-ring (bicyclic) bond motifs is 5. The molecule has 0 heterocycles. The molecule has 0 radical (unpaired) electrons. The number of hydrogen-bond donors (Lipinski definition) is 1. The van der Waals surface area contributed by atoms with E-state index < -0.39 is 0 Å². The van der Waals surface area contributed by atoms with Gasteiger partial charge in [0.2, 0.25) is 0 Å². The van der Waals surface area contributed by atoms with Crippen LogP contribution < -0.4 is 0 Å². The quantitative estimate of drug-likeness (QED) is 0.754. The van der Waals surface area contributed by atoms with Gasteiger partial charge in [-0.2, -0.15) is 0 Å². The highest BCUT2D eigenvalue weighted by molar-refractivity contribution is 5.85. The van der Waals surface area contributed by atoms with Gasteiger partial charge in [-0.1, -0.05) is 13.8 Å². The van der Waals surface area contributed by atoms with Crippen molar-refractivity contribution in [1.82, 2.24) is 0 Å². The van der Waals surface area contributed by atoms with Gasteiger partial charge in [-0.15, -0.1) is 0 Å². The third-order valence-corrected chi connectivity index (χ3v) is 8.56. The van der Waals surface area contributed by atoms with Crippen molar-refractivity contribution in [3.05, 3.63) is 0 Å². The molecule has 4 fully saturated rings. The summed E-state index contributed by atoms with van der Waals surface area (Å²) in [6, 6.07) is 0. The topological polar surface area (TPSA) is 54.4 Å². The lowest BCUT2D eigenvalue weighted by molar-refractivity contribution is -0.161. The fourth-order valence-electron chi connectivity index (χ4n) is 7.31. The number of carbonyl (C=O) groups excluding carboxylic acids is 2. The average molecular weight is 318 g/mol. The minimum absolute atomic E-state index is 0.0797. The Balaban J connectivity index is 1.69. The fourth-order valence-corrected chi connectivity index (χ4v) is 7.31. The summed E-state index contributed by atoms with van der Waals surface area (Å²) < 4.78 is 0. The van der Waals surface area contributed by atoms with Gasteiger partial charge < -0.3 is 9.90 Å². The summed E-state index contributed by atoms with van der Waals surface area (Å²) in [6.45, 7) is 4.53. The maximum absolute atomic E-state index is 13.2. The van der Waals surface area contributed by atoms with Crippen molar-refractivity contribution in [3.8, 4) is 0 Å². The van der Waals surface area contributed by atoms with Crippen LogP contribution in [0, 0.1) is 40.4 Å². The number of rotatable bonds is 1. The molecule has 0 aliphatic heterocycles. The number of ketones is 1. The standard InChI is InChI=1S/C20H30O3/c1-19-8-7-14(22)9-12(19)3-5-15-16-6-4-13(11-21)20(16,2)10-17(23)18(15)19/h11-16,18,22H,3-10H2,1-2H3/t12-,13-,14-,15+,16+,18-,19+,20-/m1/s1. The molecule has 4 saturated carbocycles. The van der Waals surface area contributed by atoms with Gasteiger partial charge in [0, 0.05) is 18.3 Å². The number of aliphatic hydroxyl groups is 1. The van der Waals surface area contributed by atoms with Gasteiger partial charge in [-0.25, -0.2) is 0 Å². The molecule has 3 nitrogen and oxygen atoms in total. The van der Waals surface area contributed by atoms with Crippen LogP contribution in [0.5, 0.6) is 0 Å². The van der Waals surface area contributed by atoms with Gasteiger partial charge in [0.1, 0.15) is 12.1 Å². The summed E-state index contributed by atoms with van der Waals surface area (Å²) in [7, 11) is 0. The van der Waals surface area contributed by atoms with E-state index in [0.29, 0.717) is 30.0 Å². The summed E-state index contributed by atoms with van der Waals surface area (Å²) in [6.07, 6.45) is 8.65. The Bertz CT molecular complexity index is 529. The van der Waals surface area contributed by atoms with Crippen molar-refractivity contribution in [2.75, 3.05) is 0 Å². The Morgan fingerprint density at radius 2 is 1.87 bits per heavy atom. The molecule has 0 amide bonds. The van der Waals surface area contributed by atoms with Crippen LogP contribution in [0.4, 0.5) is 0 Å². The SMILES string of the molecule is C[C@]12CC[C@@H](O)C[C@H]1CC[C@H]1[C@@H]3CC[C@H](C=O)[C@@]3(C)CC(=O)[C@@H]12. The van der Waals surface area contributed by atoms with Crippen molar-refractivity contribution in [2.45, 2.75) is 71.3 Å². The van der Waals surface area contributed by atoms with Gasteiger partial charge >= 0.3 is 0 Å². The van der Waals surface area contributed by atoms with Crippen LogP contribution >= 0.6 is 0 Å². The van der Waals surface area contributed by atoms with Gasteiger partial charge in [0.05, 0.1) is 6.10 Å². The first-order valence-electron chi connectivity index (χ1n) is 9.56. The second-order valence-corrected chi connectivity index (χ2v) is 9.43. The first-order chi connectivity index (χ1) is 10.9. The Hall–Kier alpha value is -0.700. The number of Topliss-reactive ketones (excluding diaryl/α,β-unsaturated/α-hetero) is 1. The largest absolute Gasteiger partial charge is 0.393 e. The van der Waals surface area contributed by atoms with Crippen LogP contribution in [0.1, 0.15) is 65.2 Å². The smallest absolute Gasteiger partial charge is 0.137 e. The third-order valence-electron chi connectivity index (χ3n) is 8.56. The highest BCUT2D eigenvalue weighted by atomic mass is 16.3. The molecule has 0 unspecified atom stereocenters. The molecule has 0 aromatic rings. The molecular formula is C20H30O3. The van der Waals surface area contributed by atoms with Gasteiger partial charge in [-0.05, 0) is 73.5 Å². The summed E-state index contributed by atoms with van der Waals surface area (Å²) in [5, 5.41) is 10.1. The molecule has 8 atom stereocenters. The minimum atomic E-state index is -0.167. The molecule has 128 valence electrons. The number of aliphatic hydroxyl groups excluding tert-OH is 1. The first kappa shape index (κ1) is 15.8. The van der Waals surface area contributed by atoms with Crippen molar-refractivity contribution < 1.29 is 14.7 Å². The minimum Gasteiger partial charge on any atom is -0.393 e. The lowest BCUT2D eigenvalue weighted by Gasteiger charge is -2.59. The van der Waals surface area contributed by atoms with E-state index >= 15 is 0 Å². The van der Waals surface area contributed by atoms with Gasteiger partial charge in [0.15, 0.2) is 0 Å². The zero-order valence-electron chi connectivity index (χ0n) is 14.5. The Morgan fingerprint density at radius 1 is 1.09 bits per heavy atom. The lowest BCUT2D eigenvalue weighted by Crippen LogP contribution is -2.57. The van der Waals surface area contributed by atoms with Crippen LogP contribution in [0.25, 0.3) is 0 Å². The fraction of sp³-hybridized carbons (Fsp3) is 0.900. The van der Waals surface area contributed by atoms with Crippen molar-refractivity contribution in [1.29, 1.82) is 0 Å². The third kappa shape index (κ3) is 2.04. The predicted molar refractivity (Wildman–Crippen MR) is 87.7 cm³/mol. The van der Waals surface area contributed by atoms with Crippen LogP contribution in [-0.4, -0.2) is 23.3 Å². The Kier molecular flexibility index (Phi) is 3.54. The van der Waals surface area contributed by atoms with Crippen molar-refractivity contribution in [3.63, 3.8) is 0 Å². The summed E-state index contributed by atoms with van der Waals surface area (Å²) in [5.74, 6) is 2.20. The highest BCUT2D eigenvalue weighted by Crippen LogP contribution is 2.66. The van der Waals surface area contributed by atoms with Crippen molar-refractivity contribution in [2.24, 2.45) is 40.4 Å². The monoisotopic (exact) mass is 318 g/mol. The maximum Gasteiger partial charge on any atom is 0.137 e.